The Morgan fingerprint density at radius 1 is 1.44 bits per heavy atom. The molecule has 0 fully saturated rings. The van der Waals surface area contributed by atoms with Crippen LogP contribution in [0.25, 0.3) is 10.9 Å². The Hall–Kier alpha value is -2.34. The Morgan fingerprint density at radius 2 is 2.22 bits per heavy atom. The van der Waals surface area contributed by atoms with E-state index >= 15 is 0 Å². The van der Waals surface area contributed by atoms with E-state index in [-0.39, 0.29) is 25.0 Å². The van der Waals surface area contributed by atoms with Gasteiger partial charge < -0.3 is 15.8 Å². The maximum Gasteiger partial charge on any atom is 0.260 e. The van der Waals surface area contributed by atoms with Crippen LogP contribution < -0.4 is 11.1 Å². The second-order valence-corrected chi connectivity index (χ2v) is 3.69. The van der Waals surface area contributed by atoms with Crippen molar-refractivity contribution in [2.75, 3.05) is 13.2 Å². The van der Waals surface area contributed by atoms with Crippen molar-refractivity contribution in [1.82, 2.24) is 10.3 Å². The summed E-state index contributed by atoms with van der Waals surface area (Å²) in [6.07, 6.45) is 1.62. The fourth-order valence-electron chi connectivity index (χ4n) is 1.65. The molecule has 2 aromatic rings. The third-order valence-corrected chi connectivity index (χ3v) is 2.46. The first-order chi connectivity index (χ1) is 8.72. The molecule has 6 nitrogen and oxygen atoms in total. The first kappa shape index (κ1) is 12.1. The van der Waals surface area contributed by atoms with E-state index in [1.54, 1.807) is 6.20 Å². The quantitative estimate of drug-likeness (QED) is 0.459. The predicted octanol–water partition coefficient (Wildman–Crippen LogP) is 0.205. The van der Waals surface area contributed by atoms with Gasteiger partial charge in [0.05, 0.1) is 18.7 Å². The largest absolute Gasteiger partial charge is 0.394 e. The van der Waals surface area contributed by atoms with Crippen molar-refractivity contribution in [3.8, 4) is 0 Å². The average molecular weight is 246 g/mol. The van der Waals surface area contributed by atoms with E-state index in [0.717, 1.165) is 10.9 Å². The molecular weight excluding hydrogens is 232 g/mol. The lowest BCUT2D eigenvalue weighted by molar-refractivity contribution is 0.0978. The van der Waals surface area contributed by atoms with Crippen molar-refractivity contribution in [1.29, 1.82) is 0 Å². The van der Waals surface area contributed by atoms with Crippen molar-refractivity contribution >= 4 is 22.8 Å². The van der Waals surface area contributed by atoms with Gasteiger partial charge in [-0.3, -0.25) is 15.1 Å². The minimum absolute atomic E-state index is 0.000619. The van der Waals surface area contributed by atoms with E-state index < -0.39 is 0 Å². The van der Waals surface area contributed by atoms with E-state index in [9.17, 15) is 4.79 Å². The number of aromatic nitrogens is 1. The molecule has 1 aromatic carbocycles. The number of nitrogens with one attached hydrogen (secondary N) is 2. The van der Waals surface area contributed by atoms with Gasteiger partial charge in [-0.15, -0.1) is 0 Å². The Bertz CT molecular complexity index is 589. The zero-order valence-corrected chi connectivity index (χ0v) is 9.68. The van der Waals surface area contributed by atoms with Gasteiger partial charge in [0.15, 0.2) is 5.96 Å². The maximum atomic E-state index is 11.9. The number of guanidine groups is 1. The number of H-pyrrole nitrogens is 1. The SMILES string of the molecule is NC(=NCCO)NC(=O)c1c[nH]c2ccccc12. The Labute approximate surface area is 104 Å². The topological polar surface area (TPSA) is 104 Å². The van der Waals surface area contributed by atoms with Crippen molar-refractivity contribution < 1.29 is 9.90 Å². The number of aliphatic imine (C=N–C) groups is 1. The molecule has 1 amide bonds. The molecule has 6 heteroatoms. The smallest absolute Gasteiger partial charge is 0.260 e. The van der Waals surface area contributed by atoms with Crippen LogP contribution >= 0.6 is 0 Å². The van der Waals surface area contributed by atoms with Gasteiger partial charge in [-0.05, 0) is 6.07 Å². The van der Waals surface area contributed by atoms with Crippen LogP contribution in [0.5, 0.6) is 0 Å². The highest BCUT2D eigenvalue weighted by Crippen LogP contribution is 2.17. The molecule has 0 saturated carbocycles. The van der Waals surface area contributed by atoms with Crippen molar-refractivity contribution in [3.63, 3.8) is 0 Å². The summed E-state index contributed by atoms with van der Waals surface area (Å²) in [6.45, 7) is 0.0592. The second-order valence-electron chi connectivity index (χ2n) is 3.69. The number of benzene rings is 1. The van der Waals surface area contributed by atoms with Gasteiger partial charge in [-0.25, -0.2) is 0 Å². The van der Waals surface area contributed by atoms with E-state index in [4.69, 9.17) is 10.8 Å². The molecular formula is C12H14N4O2. The molecule has 1 aromatic heterocycles. The van der Waals surface area contributed by atoms with Crippen LogP contribution in [0.3, 0.4) is 0 Å². The lowest BCUT2D eigenvalue weighted by atomic mass is 10.1. The van der Waals surface area contributed by atoms with Crippen LogP contribution in [0, 0.1) is 0 Å². The molecule has 0 aliphatic heterocycles. The number of aliphatic hydroxyl groups is 1. The van der Waals surface area contributed by atoms with E-state index in [1.165, 1.54) is 0 Å². The zero-order chi connectivity index (χ0) is 13.0. The van der Waals surface area contributed by atoms with Crippen molar-refractivity contribution in [2.45, 2.75) is 0 Å². The third kappa shape index (κ3) is 2.49. The highest BCUT2D eigenvalue weighted by Gasteiger charge is 2.11. The maximum absolute atomic E-state index is 11.9. The van der Waals surface area contributed by atoms with E-state index in [0.29, 0.717) is 5.56 Å². The van der Waals surface area contributed by atoms with E-state index in [1.807, 2.05) is 24.3 Å². The summed E-state index contributed by atoms with van der Waals surface area (Å²) in [5, 5.41) is 11.9. The number of nitrogens with zero attached hydrogens (tertiary/aromatic N) is 1. The molecule has 0 unspecified atom stereocenters. The Balaban J connectivity index is 2.19. The average Bonchev–Trinajstić information content (AvgIpc) is 2.80. The summed E-state index contributed by atoms with van der Waals surface area (Å²) in [5.41, 5.74) is 6.90. The first-order valence-electron chi connectivity index (χ1n) is 5.50. The summed E-state index contributed by atoms with van der Waals surface area (Å²) < 4.78 is 0. The van der Waals surface area contributed by atoms with E-state index in [2.05, 4.69) is 15.3 Å². The summed E-state index contributed by atoms with van der Waals surface area (Å²) >= 11 is 0. The summed E-state index contributed by atoms with van der Waals surface area (Å²) in [7, 11) is 0. The van der Waals surface area contributed by atoms with Crippen LogP contribution in [0.1, 0.15) is 10.4 Å². The minimum Gasteiger partial charge on any atom is -0.394 e. The molecule has 5 N–H and O–H groups in total. The van der Waals surface area contributed by atoms with Crippen molar-refractivity contribution in [3.05, 3.63) is 36.0 Å². The number of hydrogen-bond donors (Lipinski definition) is 4. The Kier molecular flexibility index (Phi) is 3.59. The van der Waals surface area contributed by atoms with Crippen molar-refractivity contribution in [2.24, 2.45) is 10.7 Å². The summed E-state index contributed by atoms with van der Waals surface area (Å²) in [6, 6.07) is 7.48. The number of aliphatic hydroxyl groups excluding tert-OH is 1. The van der Waals surface area contributed by atoms with Gasteiger partial charge in [0.1, 0.15) is 0 Å². The predicted molar refractivity (Wildman–Crippen MR) is 69.3 cm³/mol. The number of carbonyl (C=O) groups is 1. The number of amides is 1. The summed E-state index contributed by atoms with van der Waals surface area (Å²) in [5.74, 6) is -0.328. The lowest BCUT2D eigenvalue weighted by Crippen LogP contribution is -2.37. The number of hydrogen-bond acceptors (Lipinski definition) is 3. The van der Waals surface area contributed by atoms with Gasteiger partial charge >= 0.3 is 0 Å². The molecule has 0 atom stereocenters. The highest BCUT2D eigenvalue weighted by atomic mass is 16.3. The van der Waals surface area contributed by atoms with Gasteiger partial charge in [-0.2, -0.15) is 0 Å². The van der Waals surface area contributed by atoms with Crippen LogP contribution in [0.2, 0.25) is 0 Å². The molecule has 0 aliphatic rings. The fraction of sp³-hybridized carbons (Fsp3) is 0.167. The third-order valence-electron chi connectivity index (χ3n) is 2.46. The number of fused-ring (bicyclic) bond motifs is 1. The van der Waals surface area contributed by atoms with Gasteiger partial charge in [-0.1, -0.05) is 18.2 Å². The standard InChI is InChI=1S/C12H14N4O2/c13-12(14-5-6-17)16-11(18)9-7-15-10-4-2-1-3-8(9)10/h1-4,7,15,17H,5-6H2,(H3,13,14,16,18). The molecule has 18 heavy (non-hydrogen) atoms. The molecule has 1 heterocycles. The number of para-hydroxylation sites is 1. The number of rotatable bonds is 3. The van der Waals surface area contributed by atoms with Crippen LogP contribution in [-0.4, -0.2) is 35.1 Å². The number of carbonyl (C=O) groups excluding carboxylic acids is 1. The molecule has 0 radical (unpaired) electrons. The highest BCUT2D eigenvalue weighted by molar-refractivity contribution is 6.12. The summed E-state index contributed by atoms with van der Waals surface area (Å²) in [4.78, 5) is 18.7. The molecule has 0 aliphatic carbocycles. The van der Waals surface area contributed by atoms with Crippen LogP contribution in [0.15, 0.2) is 35.5 Å². The monoisotopic (exact) mass is 246 g/mol. The number of aromatic amines is 1. The number of nitrogens with two attached hydrogens (primary N) is 1. The van der Waals surface area contributed by atoms with Crippen LogP contribution in [0.4, 0.5) is 0 Å². The lowest BCUT2D eigenvalue weighted by Gasteiger charge is -2.02. The molecule has 0 bridgehead atoms. The van der Waals surface area contributed by atoms with Gasteiger partial charge in [0, 0.05) is 17.1 Å². The zero-order valence-electron chi connectivity index (χ0n) is 9.68. The molecule has 94 valence electrons. The molecule has 0 saturated heterocycles. The Morgan fingerprint density at radius 3 is 3.00 bits per heavy atom. The normalized spacial score (nSPS) is 11.7. The fourth-order valence-corrected chi connectivity index (χ4v) is 1.65. The van der Waals surface area contributed by atoms with Gasteiger partial charge in [0.25, 0.3) is 5.91 Å². The van der Waals surface area contributed by atoms with Gasteiger partial charge in [0.2, 0.25) is 0 Å². The molecule has 0 spiro atoms. The molecule has 2 rings (SSSR count). The second kappa shape index (κ2) is 5.33. The minimum atomic E-state index is -0.327. The first-order valence-corrected chi connectivity index (χ1v) is 5.50. The van der Waals surface area contributed by atoms with Crippen LogP contribution in [-0.2, 0) is 0 Å².